The van der Waals surface area contributed by atoms with E-state index in [0.717, 1.165) is 6.42 Å². The monoisotopic (exact) mass is 280 g/mol. The molecule has 0 bridgehead atoms. The summed E-state index contributed by atoms with van der Waals surface area (Å²) in [7, 11) is 1.58. The van der Waals surface area contributed by atoms with Gasteiger partial charge in [0.2, 0.25) is 0 Å². The molecule has 1 aliphatic rings. The molecule has 2 atom stereocenters. The number of carbonyl (C=O) groups is 1. The van der Waals surface area contributed by atoms with Gasteiger partial charge in [0.05, 0.1) is 12.7 Å². The second kappa shape index (κ2) is 6.19. The smallest absolute Gasteiger partial charge is 0.253 e. The largest absolute Gasteiger partial charge is 0.497 e. The van der Waals surface area contributed by atoms with Crippen LogP contribution in [0, 0.1) is 0 Å². The van der Waals surface area contributed by atoms with Crippen molar-refractivity contribution in [2.45, 2.75) is 30.6 Å². The molecule has 2 unspecified atom stereocenters. The minimum absolute atomic E-state index is 0.0916. The second-order valence-electron chi connectivity index (χ2n) is 4.74. The van der Waals surface area contributed by atoms with Crippen LogP contribution in [0.1, 0.15) is 29.6 Å². The number of nitrogens with one attached hydrogen (secondary N) is 1. The number of hydrogen-bond donors (Lipinski definition) is 2. The fourth-order valence-electron chi connectivity index (χ4n) is 2.49. The molecular formula is C14H20N2O2S. The first-order valence-corrected chi connectivity index (χ1v) is 7.71. The Morgan fingerprint density at radius 1 is 1.47 bits per heavy atom. The summed E-state index contributed by atoms with van der Waals surface area (Å²) in [6.07, 6.45) is 5.49. The number of nitrogen functional groups attached to an aromatic ring is 1. The van der Waals surface area contributed by atoms with Crippen LogP contribution in [0.4, 0.5) is 5.69 Å². The fourth-order valence-corrected chi connectivity index (χ4v) is 3.43. The molecule has 1 aliphatic carbocycles. The molecule has 1 saturated carbocycles. The maximum atomic E-state index is 12.2. The second-order valence-corrected chi connectivity index (χ2v) is 5.82. The van der Waals surface area contributed by atoms with E-state index in [4.69, 9.17) is 10.5 Å². The van der Waals surface area contributed by atoms with Crippen molar-refractivity contribution >= 4 is 23.4 Å². The maximum absolute atomic E-state index is 12.2. The number of anilines is 1. The van der Waals surface area contributed by atoms with Gasteiger partial charge in [-0.1, -0.05) is 6.42 Å². The van der Waals surface area contributed by atoms with Crippen molar-refractivity contribution in [3.05, 3.63) is 23.8 Å². The maximum Gasteiger partial charge on any atom is 0.253 e. The highest BCUT2D eigenvalue weighted by atomic mass is 32.2. The summed E-state index contributed by atoms with van der Waals surface area (Å²) >= 11 is 1.82. The molecule has 4 nitrogen and oxygen atoms in total. The molecule has 1 aromatic rings. The lowest BCUT2D eigenvalue weighted by Crippen LogP contribution is -2.38. The normalized spacial score (nSPS) is 22.2. The average Bonchev–Trinajstić information content (AvgIpc) is 2.85. The zero-order chi connectivity index (χ0) is 13.8. The van der Waals surface area contributed by atoms with E-state index in [2.05, 4.69) is 11.6 Å². The van der Waals surface area contributed by atoms with Gasteiger partial charge in [-0.2, -0.15) is 11.8 Å². The Bertz CT molecular complexity index is 465. The molecule has 0 heterocycles. The van der Waals surface area contributed by atoms with E-state index in [-0.39, 0.29) is 11.9 Å². The number of nitrogens with two attached hydrogens (primary N) is 1. The summed E-state index contributed by atoms with van der Waals surface area (Å²) in [5.41, 5.74) is 6.87. The van der Waals surface area contributed by atoms with Crippen molar-refractivity contribution in [3.63, 3.8) is 0 Å². The van der Waals surface area contributed by atoms with Crippen LogP contribution >= 0.6 is 11.8 Å². The van der Waals surface area contributed by atoms with Gasteiger partial charge in [0.15, 0.2) is 0 Å². The van der Waals surface area contributed by atoms with Gasteiger partial charge in [-0.3, -0.25) is 4.79 Å². The number of benzene rings is 1. The Morgan fingerprint density at radius 2 is 2.26 bits per heavy atom. The third-order valence-electron chi connectivity index (χ3n) is 3.58. The Kier molecular flexibility index (Phi) is 4.58. The topological polar surface area (TPSA) is 64.3 Å². The van der Waals surface area contributed by atoms with Gasteiger partial charge < -0.3 is 15.8 Å². The summed E-state index contributed by atoms with van der Waals surface area (Å²) in [6, 6.07) is 5.40. The molecule has 0 spiro atoms. The Labute approximate surface area is 118 Å². The highest BCUT2D eigenvalue weighted by Gasteiger charge is 2.28. The van der Waals surface area contributed by atoms with Crippen LogP contribution in [-0.2, 0) is 0 Å². The fraction of sp³-hybridized carbons (Fsp3) is 0.500. The quantitative estimate of drug-likeness (QED) is 0.831. The van der Waals surface area contributed by atoms with E-state index in [0.29, 0.717) is 22.3 Å². The Balaban J connectivity index is 2.07. The molecule has 3 N–H and O–H groups in total. The standard InChI is InChI=1S/C14H20N2O2S/c1-18-9-6-7-10(11(15)8-9)14(17)16-12-4-3-5-13(12)19-2/h6-8,12-13H,3-5,15H2,1-2H3,(H,16,17). The van der Waals surface area contributed by atoms with E-state index in [1.165, 1.54) is 12.8 Å². The molecular weight excluding hydrogens is 260 g/mol. The molecule has 0 aliphatic heterocycles. The summed E-state index contributed by atoms with van der Waals surface area (Å²) < 4.78 is 5.08. The van der Waals surface area contributed by atoms with Crippen molar-refractivity contribution in [2.24, 2.45) is 0 Å². The van der Waals surface area contributed by atoms with Crippen LogP contribution in [0.25, 0.3) is 0 Å². The number of methoxy groups -OCH3 is 1. The van der Waals surface area contributed by atoms with Crippen LogP contribution in [0.2, 0.25) is 0 Å². The highest BCUT2D eigenvalue weighted by Crippen LogP contribution is 2.29. The number of rotatable bonds is 4. The van der Waals surface area contributed by atoms with Crippen molar-refractivity contribution in [1.29, 1.82) is 0 Å². The van der Waals surface area contributed by atoms with Crippen molar-refractivity contribution in [2.75, 3.05) is 19.1 Å². The van der Waals surface area contributed by atoms with Gasteiger partial charge in [-0.15, -0.1) is 0 Å². The molecule has 2 rings (SSSR count). The van der Waals surface area contributed by atoms with Gasteiger partial charge in [0, 0.05) is 23.0 Å². The van der Waals surface area contributed by atoms with E-state index in [1.807, 2.05) is 11.8 Å². The number of ether oxygens (including phenoxy) is 1. The van der Waals surface area contributed by atoms with Gasteiger partial charge in [0.1, 0.15) is 5.75 Å². The van der Waals surface area contributed by atoms with Crippen molar-refractivity contribution < 1.29 is 9.53 Å². The SMILES string of the molecule is COc1ccc(C(=O)NC2CCCC2SC)c(N)c1. The summed E-state index contributed by atoms with van der Waals surface area (Å²) in [6.45, 7) is 0. The van der Waals surface area contributed by atoms with Gasteiger partial charge in [-0.25, -0.2) is 0 Å². The highest BCUT2D eigenvalue weighted by molar-refractivity contribution is 7.99. The molecule has 0 aromatic heterocycles. The van der Waals surface area contributed by atoms with Gasteiger partial charge in [-0.05, 0) is 31.2 Å². The van der Waals surface area contributed by atoms with E-state index in [9.17, 15) is 4.79 Å². The van der Waals surface area contributed by atoms with Crippen LogP contribution in [0.3, 0.4) is 0 Å². The molecule has 0 saturated heterocycles. The first kappa shape index (κ1) is 14.1. The number of amides is 1. The van der Waals surface area contributed by atoms with Crippen LogP contribution in [0.15, 0.2) is 18.2 Å². The molecule has 104 valence electrons. The summed E-state index contributed by atoms with van der Waals surface area (Å²) in [5.74, 6) is 0.572. The summed E-state index contributed by atoms with van der Waals surface area (Å²) in [4.78, 5) is 12.2. The number of hydrogen-bond acceptors (Lipinski definition) is 4. The number of thioether (sulfide) groups is 1. The lowest BCUT2D eigenvalue weighted by Gasteiger charge is -2.19. The molecule has 5 heteroatoms. The van der Waals surface area contributed by atoms with Crippen molar-refractivity contribution in [1.82, 2.24) is 5.32 Å². The van der Waals surface area contributed by atoms with Gasteiger partial charge in [0.25, 0.3) is 5.91 Å². The lowest BCUT2D eigenvalue weighted by atomic mass is 10.1. The van der Waals surface area contributed by atoms with E-state index < -0.39 is 0 Å². The summed E-state index contributed by atoms with van der Waals surface area (Å²) in [5, 5.41) is 3.61. The predicted molar refractivity (Wildman–Crippen MR) is 79.8 cm³/mol. The third kappa shape index (κ3) is 3.15. The van der Waals surface area contributed by atoms with Crippen LogP contribution < -0.4 is 15.8 Å². The molecule has 1 aromatic carbocycles. The zero-order valence-electron chi connectivity index (χ0n) is 11.3. The minimum atomic E-state index is -0.0916. The Morgan fingerprint density at radius 3 is 2.89 bits per heavy atom. The van der Waals surface area contributed by atoms with Gasteiger partial charge >= 0.3 is 0 Å². The first-order valence-electron chi connectivity index (χ1n) is 6.43. The zero-order valence-corrected chi connectivity index (χ0v) is 12.1. The first-order chi connectivity index (χ1) is 9.15. The molecule has 0 radical (unpaired) electrons. The minimum Gasteiger partial charge on any atom is -0.497 e. The van der Waals surface area contributed by atoms with Crippen LogP contribution in [0.5, 0.6) is 5.75 Å². The molecule has 1 amide bonds. The van der Waals surface area contributed by atoms with Crippen molar-refractivity contribution in [3.8, 4) is 5.75 Å². The van der Waals surface area contributed by atoms with E-state index >= 15 is 0 Å². The third-order valence-corrected chi connectivity index (χ3v) is 4.74. The number of carbonyl (C=O) groups excluding carboxylic acids is 1. The molecule has 1 fully saturated rings. The lowest BCUT2D eigenvalue weighted by molar-refractivity contribution is 0.0939. The average molecular weight is 280 g/mol. The Hall–Kier alpha value is -1.36. The molecule has 19 heavy (non-hydrogen) atoms. The predicted octanol–water partition coefficient (Wildman–Crippen LogP) is 2.29. The van der Waals surface area contributed by atoms with Crippen LogP contribution in [-0.4, -0.2) is 30.6 Å². The van der Waals surface area contributed by atoms with E-state index in [1.54, 1.807) is 25.3 Å².